The van der Waals surface area contributed by atoms with Crippen LogP contribution in [0, 0.1) is 5.92 Å². The van der Waals surface area contributed by atoms with Gasteiger partial charge in [-0.3, -0.25) is 10.2 Å². The van der Waals surface area contributed by atoms with Crippen LogP contribution in [0.1, 0.15) is 13.8 Å². The third-order valence-electron chi connectivity index (χ3n) is 4.95. The van der Waals surface area contributed by atoms with Gasteiger partial charge in [0.25, 0.3) is 5.91 Å². The van der Waals surface area contributed by atoms with Gasteiger partial charge in [0.05, 0.1) is 15.9 Å². The molecular formula is C22H22N4O3S. The second-order valence-electron chi connectivity index (χ2n) is 7.43. The van der Waals surface area contributed by atoms with Crippen molar-refractivity contribution in [3.05, 3.63) is 73.1 Å². The second kappa shape index (κ2) is 7.89. The molecule has 0 saturated carbocycles. The van der Waals surface area contributed by atoms with Gasteiger partial charge >= 0.3 is 0 Å². The van der Waals surface area contributed by atoms with Crippen molar-refractivity contribution in [1.82, 2.24) is 14.4 Å². The Kier molecular flexibility index (Phi) is 5.27. The van der Waals surface area contributed by atoms with Crippen LogP contribution < -0.4 is 10.1 Å². The zero-order valence-electron chi connectivity index (χ0n) is 16.6. The number of rotatable bonds is 6. The summed E-state index contributed by atoms with van der Waals surface area (Å²) in [6, 6.07) is 18.8. The van der Waals surface area contributed by atoms with Crippen LogP contribution in [-0.2, 0) is 14.8 Å². The van der Waals surface area contributed by atoms with E-state index in [2.05, 4.69) is 15.1 Å². The summed E-state index contributed by atoms with van der Waals surface area (Å²) in [6.07, 6.45) is 1.50. The molecule has 1 amide bonds. The first-order valence-corrected chi connectivity index (χ1v) is 11.1. The van der Waals surface area contributed by atoms with Gasteiger partial charge in [-0.15, -0.1) is 0 Å². The van der Waals surface area contributed by atoms with E-state index in [0.717, 1.165) is 21.8 Å². The van der Waals surface area contributed by atoms with Crippen LogP contribution in [0.2, 0.25) is 0 Å². The van der Waals surface area contributed by atoms with E-state index in [4.69, 9.17) is 0 Å². The summed E-state index contributed by atoms with van der Waals surface area (Å²) >= 11 is 0. The Balaban J connectivity index is 1.59. The smallest absolute Gasteiger partial charge is 0.257 e. The molecule has 30 heavy (non-hydrogen) atoms. The third kappa shape index (κ3) is 3.92. The molecule has 4 rings (SSSR count). The predicted molar refractivity (Wildman–Crippen MR) is 117 cm³/mol. The van der Waals surface area contributed by atoms with Crippen LogP contribution in [0.4, 0.5) is 0 Å². The van der Waals surface area contributed by atoms with Crippen molar-refractivity contribution in [3.8, 4) is 0 Å². The molecule has 0 bridgehead atoms. The first-order valence-electron chi connectivity index (χ1n) is 9.59. The predicted octanol–water partition coefficient (Wildman–Crippen LogP) is 3.26. The van der Waals surface area contributed by atoms with Crippen molar-refractivity contribution in [2.24, 2.45) is 5.92 Å². The number of hydrogen-bond donors (Lipinski definition) is 2. The van der Waals surface area contributed by atoms with E-state index in [1.54, 1.807) is 32.0 Å². The number of sulfonamides is 1. The lowest BCUT2D eigenvalue weighted by Gasteiger charge is -2.22. The molecule has 4 aromatic rings. The maximum Gasteiger partial charge on any atom is 0.257 e. The minimum absolute atomic E-state index is 0.118. The number of benzene rings is 3. The van der Waals surface area contributed by atoms with Crippen molar-refractivity contribution in [1.29, 1.82) is 0 Å². The fourth-order valence-corrected chi connectivity index (χ4v) is 4.68. The Hall–Kier alpha value is -3.23. The standard InChI is InChI=1S/C22H22N4O3S/c1-15(2)21(22(27)24-26-14-23-19-9-5-6-10-20(19)26)25-30(28,29)18-12-11-16-7-3-4-8-17(16)13-18/h3-15,21,25H,1-2H3,(H,24,27). The highest BCUT2D eigenvalue weighted by Gasteiger charge is 2.29. The summed E-state index contributed by atoms with van der Waals surface area (Å²) in [7, 11) is -3.90. The summed E-state index contributed by atoms with van der Waals surface area (Å²) in [4.78, 5) is 17.3. The number of carbonyl (C=O) groups excluding carboxylic acids is 1. The van der Waals surface area contributed by atoms with Crippen molar-refractivity contribution in [2.45, 2.75) is 24.8 Å². The molecule has 0 aliphatic carbocycles. The first kappa shape index (κ1) is 20.1. The molecule has 0 aliphatic heterocycles. The number of aromatic nitrogens is 2. The third-order valence-corrected chi connectivity index (χ3v) is 6.39. The molecule has 1 unspecified atom stereocenters. The van der Waals surface area contributed by atoms with Crippen molar-refractivity contribution in [2.75, 3.05) is 5.43 Å². The highest BCUT2D eigenvalue weighted by molar-refractivity contribution is 7.89. The quantitative estimate of drug-likeness (QED) is 0.499. The van der Waals surface area contributed by atoms with Crippen LogP contribution in [0.15, 0.2) is 78.0 Å². The molecule has 154 valence electrons. The fourth-order valence-electron chi connectivity index (χ4n) is 3.30. The SMILES string of the molecule is CC(C)C(NS(=O)(=O)c1ccc2ccccc2c1)C(=O)Nn1cnc2ccccc21. The molecule has 3 aromatic carbocycles. The fraction of sp³-hybridized carbons (Fsp3) is 0.182. The normalized spacial score (nSPS) is 13.0. The van der Waals surface area contributed by atoms with Crippen LogP contribution in [-0.4, -0.2) is 30.0 Å². The Labute approximate surface area is 174 Å². The van der Waals surface area contributed by atoms with E-state index in [0.29, 0.717) is 0 Å². The van der Waals surface area contributed by atoms with Gasteiger partial charge < -0.3 is 0 Å². The maximum absolute atomic E-state index is 13.0. The highest BCUT2D eigenvalue weighted by atomic mass is 32.2. The van der Waals surface area contributed by atoms with E-state index < -0.39 is 22.0 Å². The summed E-state index contributed by atoms with van der Waals surface area (Å²) in [5.41, 5.74) is 4.20. The Morgan fingerprint density at radius 2 is 1.67 bits per heavy atom. The average molecular weight is 423 g/mol. The molecule has 1 aromatic heterocycles. The summed E-state index contributed by atoms with van der Waals surface area (Å²) < 4.78 is 30.1. The summed E-state index contributed by atoms with van der Waals surface area (Å²) in [5.74, 6) is -0.729. The summed E-state index contributed by atoms with van der Waals surface area (Å²) in [5, 5.41) is 1.76. The summed E-state index contributed by atoms with van der Waals surface area (Å²) in [6.45, 7) is 3.58. The Bertz CT molecular complexity index is 1330. The van der Waals surface area contributed by atoms with Gasteiger partial charge in [-0.25, -0.2) is 18.1 Å². The molecule has 8 heteroatoms. The van der Waals surface area contributed by atoms with Crippen LogP contribution in [0.25, 0.3) is 21.8 Å². The second-order valence-corrected chi connectivity index (χ2v) is 9.15. The molecule has 1 heterocycles. The zero-order chi connectivity index (χ0) is 21.3. The van der Waals surface area contributed by atoms with Gasteiger partial charge in [-0.2, -0.15) is 4.72 Å². The van der Waals surface area contributed by atoms with Crippen LogP contribution >= 0.6 is 0 Å². The van der Waals surface area contributed by atoms with Crippen LogP contribution in [0.5, 0.6) is 0 Å². The number of fused-ring (bicyclic) bond motifs is 2. The van der Waals surface area contributed by atoms with Crippen LogP contribution in [0.3, 0.4) is 0 Å². The zero-order valence-corrected chi connectivity index (χ0v) is 17.4. The Morgan fingerprint density at radius 1 is 0.967 bits per heavy atom. The number of carbonyl (C=O) groups is 1. The lowest BCUT2D eigenvalue weighted by molar-refractivity contribution is -0.119. The van der Waals surface area contributed by atoms with Gasteiger partial charge in [-0.05, 0) is 41.0 Å². The molecule has 1 atom stereocenters. The maximum atomic E-state index is 13.0. The van der Waals surface area contributed by atoms with E-state index >= 15 is 0 Å². The van der Waals surface area contributed by atoms with E-state index in [9.17, 15) is 13.2 Å². The number of nitrogens with zero attached hydrogens (tertiary/aromatic N) is 2. The van der Waals surface area contributed by atoms with Gasteiger partial charge in [0.15, 0.2) is 0 Å². The molecule has 0 saturated heterocycles. The minimum atomic E-state index is -3.90. The topological polar surface area (TPSA) is 93.1 Å². The van der Waals surface area contributed by atoms with Crippen molar-refractivity contribution < 1.29 is 13.2 Å². The minimum Gasteiger partial charge on any atom is -0.271 e. The molecule has 0 aliphatic rings. The first-order chi connectivity index (χ1) is 14.3. The largest absolute Gasteiger partial charge is 0.271 e. The number of para-hydroxylation sites is 2. The van der Waals surface area contributed by atoms with Gasteiger partial charge in [0.2, 0.25) is 10.0 Å². The number of imidazole rings is 1. The number of amides is 1. The van der Waals surface area contributed by atoms with Gasteiger partial charge in [0, 0.05) is 0 Å². The number of nitrogens with one attached hydrogen (secondary N) is 2. The van der Waals surface area contributed by atoms with E-state index in [1.807, 2.05) is 48.5 Å². The molecule has 0 radical (unpaired) electrons. The molecule has 0 fully saturated rings. The van der Waals surface area contributed by atoms with E-state index in [-0.39, 0.29) is 10.8 Å². The van der Waals surface area contributed by atoms with Gasteiger partial charge in [-0.1, -0.05) is 56.3 Å². The Morgan fingerprint density at radius 3 is 2.43 bits per heavy atom. The molecule has 2 N–H and O–H groups in total. The van der Waals surface area contributed by atoms with Gasteiger partial charge in [0.1, 0.15) is 12.4 Å². The molecule has 7 nitrogen and oxygen atoms in total. The monoisotopic (exact) mass is 422 g/mol. The van der Waals surface area contributed by atoms with Crippen molar-refractivity contribution in [3.63, 3.8) is 0 Å². The molecular weight excluding hydrogens is 400 g/mol. The average Bonchev–Trinajstić information content (AvgIpc) is 3.14. The number of hydrogen-bond acceptors (Lipinski definition) is 4. The lowest BCUT2D eigenvalue weighted by atomic mass is 10.1. The molecule has 0 spiro atoms. The van der Waals surface area contributed by atoms with E-state index in [1.165, 1.54) is 11.0 Å². The lowest BCUT2D eigenvalue weighted by Crippen LogP contribution is -2.48. The highest BCUT2D eigenvalue weighted by Crippen LogP contribution is 2.20. The van der Waals surface area contributed by atoms with Crippen molar-refractivity contribution >= 4 is 37.7 Å².